The fourth-order valence-corrected chi connectivity index (χ4v) is 2.45. The van der Waals surface area contributed by atoms with Gasteiger partial charge in [0.2, 0.25) is 0 Å². The highest BCUT2D eigenvalue weighted by atomic mass is 16.5. The third kappa shape index (κ3) is 3.95. The van der Waals surface area contributed by atoms with Gasteiger partial charge in [0.05, 0.1) is 6.61 Å². The molecule has 1 aromatic rings. The zero-order valence-corrected chi connectivity index (χ0v) is 12.0. The second kappa shape index (κ2) is 6.92. The number of benzene rings is 1. The summed E-state index contributed by atoms with van der Waals surface area (Å²) in [6, 6.07) is 6.87. The Morgan fingerprint density at radius 2 is 2.21 bits per heavy atom. The molecule has 0 saturated carbocycles. The van der Waals surface area contributed by atoms with Crippen molar-refractivity contribution < 1.29 is 9.84 Å². The van der Waals surface area contributed by atoms with Crippen molar-refractivity contribution in [3.8, 4) is 5.75 Å². The topological polar surface area (TPSA) is 41.5 Å². The van der Waals surface area contributed by atoms with Crippen molar-refractivity contribution in [2.75, 3.05) is 19.8 Å². The van der Waals surface area contributed by atoms with Gasteiger partial charge in [-0.2, -0.15) is 0 Å². The van der Waals surface area contributed by atoms with E-state index in [1.54, 1.807) is 0 Å². The lowest BCUT2D eigenvalue weighted by Gasteiger charge is -2.16. The number of fused-ring (bicyclic) bond motifs is 1. The lowest BCUT2D eigenvalue weighted by Crippen LogP contribution is -2.20. The van der Waals surface area contributed by atoms with E-state index < -0.39 is 0 Å². The smallest absolute Gasteiger partial charge is 0.122 e. The molecular weight excluding hydrogens is 238 g/mol. The Bertz CT molecular complexity index is 406. The van der Waals surface area contributed by atoms with Crippen LogP contribution in [-0.4, -0.2) is 24.9 Å². The summed E-state index contributed by atoms with van der Waals surface area (Å²) in [5.41, 5.74) is 2.67. The molecule has 106 valence electrons. The summed E-state index contributed by atoms with van der Waals surface area (Å²) >= 11 is 0. The van der Waals surface area contributed by atoms with Gasteiger partial charge in [-0.05, 0) is 49.4 Å². The van der Waals surface area contributed by atoms with Crippen LogP contribution in [0.1, 0.15) is 43.9 Å². The molecular formula is C16H25NO2. The summed E-state index contributed by atoms with van der Waals surface area (Å²) in [7, 11) is 0. The van der Waals surface area contributed by atoms with Crippen LogP contribution in [0.5, 0.6) is 5.75 Å². The molecule has 2 N–H and O–H groups in total. The van der Waals surface area contributed by atoms with Crippen LogP contribution >= 0.6 is 0 Å². The number of hydrogen-bond acceptors (Lipinski definition) is 3. The maximum absolute atomic E-state index is 8.98. The molecule has 1 heterocycles. The predicted octanol–water partition coefficient (Wildman–Crippen LogP) is 2.68. The van der Waals surface area contributed by atoms with Gasteiger partial charge in [0, 0.05) is 19.1 Å². The zero-order chi connectivity index (χ0) is 13.7. The lowest BCUT2D eigenvalue weighted by molar-refractivity contribution is 0.227. The van der Waals surface area contributed by atoms with Crippen LogP contribution in [0.3, 0.4) is 0 Å². The second-order valence-corrected chi connectivity index (χ2v) is 5.57. The summed E-state index contributed by atoms with van der Waals surface area (Å²) in [5, 5.41) is 12.5. The number of nitrogens with one attached hydrogen (secondary N) is 1. The largest absolute Gasteiger partial charge is 0.493 e. The van der Waals surface area contributed by atoms with Gasteiger partial charge in [0.25, 0.3) is 0 Å². The van der Waals surface area contributed by atoms with Gasteiger partial charge in [-0.25, -0.2) is 0 Å². The molecule has 0 amide bonds. The summed E-state index contributed by atoms with van der Waals surface area (Å²) in [6.07, 6.45) is 3.22. The zero-order valence-electron chi connectivity index (χ0n) is 12.0. The molecule has 0 saturated heterocycles. The third-order valence-electron chi connectivity index (χ3n) is 3.85. The molecule has 2 atom stereocenters. The molecule has 0 radical (unpaired) electrons. The highest BCUT2D eigenvalue weighted by Crippen LogP contribution is 2.28. The first-order valence-corrected chi connectivity index (χ1v) is 7.30. The third-order valence-corrected chi connectivity index (χ3v) is 3.85. The van der Waals surface area contributed by atoms with E-state index >= 15 is 0 Å². The van der Waals surface area contributed by atoms with Crippen molar-refractivity contribution in [1.82, 2.24) is 5.32 Å². The molecule has 1 aromatic carbocycles. The fraction of sp³-hybridized carbons (Fsp3) is 0.625. The quantitative estimate of drug-likeness (QED) is 0.743. The fourth-order valence-electron chi connectivity index (χ4n) is 2.45. The van der Waals surface area contributed by atoms with Crippen molar-refractivity contribution in [3.63, 3.8) is 0 Å². The molecule has 0 aliphatic carbocycles. The number of rotatable bonds is 7. The standard InChI is InChI=1S/C16H25NO2/c1-12(11-18)4-3-8-17-13(2)14-5-6-16-15(10-14)7-9-19-16/h5-6,10,12-13,17-18H,3-4,7-9,11H2,1-2H3. The van der Waals surface area contributed by atoms with E-state index in [0.717, 1.165) is 38.2 Å². The van der Waals surface area contributed by atoms with Gasteiger partial charge >= 0.3 is 0 Å². The van der Waals surface area contributed by atoms with E-state index in [4.69, 9.17) is 9.84 Å². The normalized spacial score (nSPS) is 16.8. The van der Waals surface area contributed by atoms with Crippen molar-refractivity contribution in [3.05, 3.63) is 29.3 Å². The maximum atomic E-state index is 8.98. The molecule has 0 fully saturated rings. The van der Waals surface area contributed by atoms with Crippen LogP contribution in [0.15, 0.2) is 18.2 Å². The Kier molecular flexibility index (Phi) is 5.23. The molecule has 0 bridgehead atoms. The van der Waals surface area contributed by atoms with Crippen LogP contribution in [0.4, 0.5) is 0 Å². The van der Waals surface area contributed by atoms with Crippen molar-refractivity contribution in [2.24, 2.45) is 5.92 Å². The van der Waals surface area contributed by atoms with E-state index in [0.29, 0.717) is 18.6 Å². The first-order chi connectivity index (χ1) is 9.20. The minimum Gasteiger partial charge on any atom is -0.493 e. The van der Waals surface area contributed by atoms with Gasteiger partial charge in [0.15, 0.2) is 0 Å². The van der Waals surface area contributed by atoms with Crippen LogP contribution < -0.4 is 10.1 Å². The van der Waals surface area contributed by atoms with Gasteiger partial charge < -0.3 is 15.2 Å². The van der Waals surface area contributed by atoms with Gasteiger partial charge in [-0.15, -0.1) is 0 Å². The second-order valence-electron chi connectivity index (χ2n) is 5.57. The lowest BCUT2D eigenvalue weighted by atomic mass is 10.0. The molecule has 3 nitrogen and oxygen atoms in total. The molecule has 0 aromatic heterocycles. The first-order valence-electron chi connectivity index (χ1n) is 7.30. The van der Waals surface area contributed by atoms with Crippen LogP contribution in [-0.2, 0) is 6.42 Å². The molecule has 3 heteroatoms. The highest BCUT2D eigenvalue weighted by molar-refractivity contribution is 5.40. The van der Waals surface area contributed by atoms with Crippen molar-refractivity contribution >= 4 is 0 Å². The average molecular weight is 263 g/mol. The Morgan fingerprint density at radius 3 is 3.00 bits per heavy atom. The Balaban J connectivity index is 1.78. The van der Waals surface area contributed by atoms with Crippen molar-refractivity contribution in [2.45, 2.75) is 39.2 Å². The van der Waals surface area contributed by atoms with Gasteiger partial charge in [-0.1, -0.05) is 19.1 Å². The number of aliphatic hydroxyl groups excluding tert-OH is 1. The average Bonchev–Trinajstić information content (AvgIpc) is 2.90. The van der Waals surface area contributed by atoms with E-state index in [2.05, 4.69) is 37.4 Å². The van der Waals surface area contributed by atoms with E-state index in [1.165, 1.54) is 11.1 Å². The number of aliphatic hydroxyl groups is 1. The molecule has 1 aliphatic heterocycles. The Hall–Kier alpha value is -1.06. The van der Waals surface area contributed by atoms with E-state index in [-0.39, 0.29) is 0 Å². The van der Waals surface area contributed by atoms with E-state index in [9.17, 15) is 0 Å². The summed E-state index contributed by atoms with van der Waals surface area (Å²) in [4.78, 5) is 0. The van der Waals surface area contributed by atoms with Crippen LogP contribution in [0.2, 0.25) is 0 Å². The number of ether oxygens (including phenoxy) is 1. The van der Waals surface area contributed by atoms with Crippen LogP contribution in [0, 0.1) is 5.92 Å². The number of hydrogen-bond donors (Lipinski definition) is 2. The minimum absolute atomic E-state index is 0.292. The Morgan fingerprint density at radius 1 is 1.37 bits per heavy atom. The Labute approximate surface area is 116 Å². The maximum Gasteiger partial charge on any atom is 0.122 e. The monoisotopic (exact) mass is 263 g/mol. The van der Waals surface area contributed by atoms with E-state index in [1.807, 2.05) is 0 Å². The summed E-state index contributed by atoms with van der Waals surface area (Å²) < 4.78 is 5.53. The predicted molar refractivity (Wildman–Crippen MR) is 77.5 cm³/mol. The molecule has 19 heavy (non-hydrogen) atoms. The van der Waals surface area contributed by atoms with Gasteiger partial charge in [-0.3, -0.25) is 0 Å². The molecule has 1 aliphatic rings. The molecule has 2 rings (SSSR count). The SMILES string of the molecule is CC(CO)CCCNC(C)c1ccc2c(c1)CCO2. The minimum atomic E-state index is 0.292. The molecule has 0 spiro atoms. The van der Waals surface area contributed by atoms with Gasteiger partial charge in [0.1, 0.15) is 5.75 Å². The summed E-state index contributed by atoms with van der Waals surface area (Å²) in [5.74, 6) is 1.46. The first kappa shape index (κ1) is 14.4. The van der Waals surface area contributed by atoms with Crippen molar-refractivity contribution in [1.29, 1.82) is 0 Å². The van der Waals surface area contributed by atoms with Crippen LogP contribution in [0.25, 0.3) is 0 Å². The highest BCUT2D eigenvalue weighted by Gasteiger charge is 2.14. The molecule has 2 unspecified atom stereocenters. The summed E-state index contributed by atoms with van der Waals surface area (Å²) in [6.45, 7) is 6.40.